The number of amides is 2. The molecule has 1 aromatic heterocycles. The Balaban J connectivity index is 1.29. The van der Waals surface area contributed by atoms with E-state index in [0.717, 1.165) is 68.3 Å². The van der Waals surface area contributed by atoms with E-state index in [2.05, 4.69) is 14.9 Å². The van der Waals surface area contributed by atoms with Crippen molar-refractivity contribution in [2.24, 2.45) is 5.92 Å². The minimum atomic E-state index is -0.0532. The number of nitrogens with zero attached hydrogens (tertiary/aromatic N) is 4. The maximum absolute atomic E-state index is 13.5. The number of hydrogen-bond donors (Lipinski definition) is 1. The summed E-state index contributed by atoms with van der Waals surface area (Å²) >= 11 is 8.12. The van der Waals surface area contributed by atoms with Gasteiger partial charge >= 0.3 is 0 Å². The topological polar surface area (TPSA) is 72.5 Å². The number of aryl methyl sites for hydroxylation is 1. The highest BCUT2D eigenvalue weighted by Gasteiger charge is 2.30. The second-order valence-electron chi connectivity index (χ2n) is 9.63. The third-order valence-corrected chi connectivity index (χ3v) is 8.49. The smallest absolute Gasteiger partial charge is 0.230 e. The van der Waals surface area contributed by atoms with Crippen molar-refractivity contribution >= 4 is 40.9 Å². The molecular weight excluding hydrogens is 482 g/mol. The standard InChI is InChI=1S/C26H36ClN5O2S/c1-19-18-28-26(29-19)35-24-9-13-30(14-10-24)11-4-12-32(23-6-3-5-22(27)17-23)25(34)21-7-15-31(16-8-21)20(2)33/h3,5-6,17-18,21,24H,4,7-16H2,1-2H3,(H,28,29). The Morgan fingerprint density at radius 1 is 1.17 bits per heavy atom. The number of carbonyl (C=O) groups excluding carboxylic acids is 2. The maximum atomic E-state index is 13.5. The van der Waals surface area contributed by atoms with Crippen LogP contribution in [-0.4, -0.2) is 76.1 Å². The molecule has 190 valence electrons. The molecule has 1 N–H and O–H groups in total. The molecule has 0 unspecified atom stereocenters. The van der Waals surface area contributed by atoms with Gasteiger partial charge in [0.25, 0.3) is 0 Å². The number of H-pyrrole nitrogens is 1. The van der Waals surface area contributed by atoms with Gasteiger partial charge in [0, 0.05) is 60.3 Å². The van der Waals surface area contributed by atoms with E-state index in [9.17, 15) is 9.59 Å². The van der Waals surface area contributed by atoms with Crippen LogP contribution in [0.2, 0.25) is 5.02 Å². The van der Waals surface area contributed by atoms with Crippen molar-refractivity contribution < 1.29 is 9.59 Å². The highest BCUT2D eigenvalue weighted by atomic mass is 35.5. The SMILES string of the molecule is CC(=O)N1CCC(C(=O)N(CCCN2CCC(Sc3ncc(C)[nH]3)CC2)c2cccc(Cl)c2)CC1. The average Bonchev–Trinajstić information content (AvgIpc) is 3.27. The Morgan fingerprint density at radius 3 is 2.54 bits per heavy atom. The van der Waals surface area contributed by atoms with Crippen LogP contribution in [0, 0.1) is 12.8 Å². The second kappa shape index (κ2) is 12.3. The molecule has 4 rings (SSSR count). The van der Waals surface area contributed by atoms with Crippen LogP contribution in [0.25, 0.3) is 0 Å². The van der Waals surface area contributed by atoms with Crippen LogP contribution < -0.4 is 4.90 Å². The molecule has 0 atom stereocenters. The van der Waals surface area contributed by atoms with Gasteiger partial charge in [-0.15, -0.1) is 0 Å². The number of halogens is 1. The van der Waals surface area contributed by atoms with Gasteiger partial charge in [-0.05, 0) is 76.9 Å². The van der Waals surface area contributed by atoms with E-state index < -0.39 is 0 Å². The zero-order chi connectivity index (χ0) is 24.8. The summed E-state index contributed by atoms with van der Waals surface area (Å²) in [6.45, 7) is 8.74. The van der Waals surface area contributed by atoms with Crippen molar-refractivity contribution in [3.05, 3.63) is 41.2 Å². The first-order chi connectivity index (χ1) is 16.9. The van der Waals surface area contributed by atoms with Gasteiger partial charge in [0.05, 0.1) is 0 Å². The van der Waals surface area contributed by atoms with Crippen LogP contribution in [0.1, 0.15) is 44.7 Å². The quantitative estimate of drug-likeness (QED) is 0.553. The third kappa shape index (κ3) is 7.24. The van der Waals surface area contributed by atoms with Crippen LogP contribution in [0.5, 0.6) is 0 Å². The monoisotopic (exact) mass is 517 g/mol. The first kappa shape index (κ1) is 26.0. The van der Waals surface area contributed by atoms with E-state index in [1.165, 1.54) is 0 Å². The third-order valence-electron chi connectivity index (χ3n) is 7.02. The van der Waals surface area contributed by atoms with E-state index in [1.54, 1.807) is 6.92 Å². The average molecular weight is 518 g/mol. The Hall–Kier alpha value is -2.03. The minimum Gasteiger partial charge on any atom is -0.343 e. The van der Waals surface area contributed by atoms with Gasteiger partial charge in [-0.3, -0.25) is 9.59 Å². The number of hydrogen-bond acceptors (Lipinski definition) is 5. The molecule has 1 aromatic carbocycles. The predicted octanol–water partition coefficient (Wildman–Crippen LogP) is 4.61. The fraction of sp³-hybridized carbons (Fsp3) is 0.577. The molecule has 7 nitrogen and oxygen atoms in total. The molecule has 2 saturated heterocycles. The highest BCUT2D eigenvalue weighted by Crippen LogP contribution is 2.29. The number of piperidine rings is 2. The van der Waals surface area contributed by atoms with E-state index in [1.807, 2.05) is 58.9 Å². The lowest BCUT2D eigenvalue weighted by molar-refractivity contribution is -0.133. The summed E-state index contributed by atoms with van der Waals surface area (Å²) in [4.78, 5) is 39.2. The molecule has 2 amide bonds. The number of rotatable bonds is 8. The summed E-state index contributed by atoms with van der Waals surface area (Å²) in [6, 6.07) is 7.58. The van der Waals surface area contributed by atoms with Crippen molar-refractivity contribution in [1.82, 2.24) is 19.8 Å². The Kier molecular flexibility index (Phi) is 9.14. The Labute approximate surface area is 217 Å². The van der Waals surface area contributed by atoms with Crippen LogP contribution >= 0.6 is 23.4 Å². The van der Waals surface area contributed by atoms with Crippen LogP contribution in [0.15, 0.2) is 35.6 Å². The number of aromatic nitrogens is 2. The Morgan fingerprint density at radius 2 is 1.91 bits per heavy atom. The van der Waals surface area contributed by atoms with Gasteiger partial charge in [0.2, 0.25) is 11.8 Å². The minimum absolute atomic E-state index is 0.0532. The number of aromatic amines is 1. The van der Waals surface area contributed by atoms with Gasteiger partial charge in [0.1, 0.15) is 0 Å². The van der Waals surface area contributed by atoms with Crippen molar-refractivity contribution in [3.8, 4) is 0 Å². The van der Waals surface area contributed by atoms with Crippen molar-refractivity contribution in [2.45, 2.75) is 56.4 Å². The summed E-state index contributed by atoms with van der Waals surface area (Å²) in [5.41, 5.74) is 1.97. The first-order valence-corrected chi connectivity index (χ1v) is 13.9. The molecule has 0 bridgehead atoms. The number of imidazole rings is 1. The van der Waals surface area contributed by atoms with Gasteiger partial charge in [0.15, 0.2) is 5.16 Å². The fourth-order valence-corrected chi connectivity index (χ4v) is 6.26. The molecule has 0 aliphatic carbocycles. The number of nitrogens with one attached hydrogen (secondary N) is 1. The molecule has 3 heterocycles. The predicted molar refractivity (Wildman–Crippen MR) is 142 cm³/mol. The summed E-state index contributed by atoms with van der Waals surface area (Å²) in [5.74, 6) is 0.186. The molecular formula is C26H36ClN5O2S. The maximum Gasteiger partial charge on any atom is 0.230 e. The van der Waals surface area contributed by atoms with Gasteiger partial charge < -0.3 is 19.7 Å². The largest absolute Gasteiger partial charge is 0.343 e. The first-order valence-electron chi connectivity index (χ1n) is 12.6. The molecule has 2 aromatic rings. The van der Waals surface area contributed by atoms with Crippen LogP contribution in [-0.2, 0) is 9.59 Å². The normalized spacial score (nSPS) is 18.1. The highest BCUT2D eigenvalue weighted by molar-refractivity contribution is 7.99. The number of likely N-dealkylation sites (tertiary alicyclic amines) is 2. The van der Waals surface area contributed by atoms with Crippen molar-refractivity contribution in [3.63, 3.8) is 0 Å². The van der Waals surface area contributed by atoms with Crippen LogP contribution in [0.3, 0.4) is 0 Å². The number of anilines is 1. The summed E-state index contributed by atoms with van der Waals surface area (Å²) in [7, 11) is 0. The lowest BCUT2D eigenvalue weighted by atomic mass is 9.94. The number of carbonyl (C=O) groups is 2. The zero-order valence-electron chi connectivity index (χ0n) is 20.7. The van der Waals surface area contributed by atoms with Gasteiger partial charge in [-0.1, -0.05) is 29.4 Å². The molecule has 35 heavy (non-hydrogen) atoms. The van der Waals surface area contributed by atoms with Gasteiger partial charge in [-0.25, -0.2) is 4.98 Å². The number of thioether (sulfide) groups is 1. The van der Waals surface area contributed by atoms with E-state index >= 15 is 0 Å². The van der Waals surface area contributed by atoms with Crippen molar-refractivity contribution in [2.75, 3.05) is 44.2 Å². The second-order valence-corrected chi connectivity index (χ2v) is 11.4. The molecule has 0 saturated carbocycles. The lowest BCUT2D eigenvalue weighted by Crippen LogP contribution is -2.45. The molecule has 0 spiro atoms. The van der Waals surface area contributed by atoms with Crippen LogP contribution in [0.4, 0.5) is 5.69 Å². The molecule has 2 aliphatic heterocycles. The van der Waals surface area contributed by atoms with E-state index in [4.69, 9.17) is 11.6 Å². The van der Waals surface area contributed by atoms with Crippen molar-refractivity contribution in [1.29, 1.82) is 0 Å². The zero-order valence-corrected chi connectivity index (χ0v) is 22.3. The Bertz CT molecular complexity index is 999. The summed E-state index contributed by atoms with van der Waals surface area (Å²) in [6.07, 6.45) is 6.54. The summed E-state index contributed by atoms with van der Waals surface area (Å²) < 4.78 is 0. The fourth-order valence-electron chi connectivity index (χ4n) is 4.98. The summed E-state index contributed by atoms with van der Waals surface area (Å²) in [5, 5.41) is 2.26. The molecule has 0 radical (unpaired) electrons. The molecule has 2 aliphatic rings. The van der Waals surface area contributed by atoms with E-state index in [0.29, 0.717) is 29.9 Å². The molecule has 9 heteroatoms. The van der Waals surface area contributed by atoms with E-state index in [-0.39, 0.29) is 17.7 Å². The molecule has 2 fully saturated rings. The lowest BCUT2D eigenvalue weighted by Gasteiger charge is -2.35. The van der Waals surface area contributed by atoms with Gasteiger partial charge in [-0.2, -0.15) is 0 Å². The number of benzene rings is 1.